The van der Waals surface area contributed by atoms with E-state index in [0.717, 1.165) is 36.8 Å². The normalized spacial score (nSPS) is 28.0. The molecule has 128 valence electrons. The van der Waals surface area contributed by atoms with Crippen molar-refractivity contribution in [2.24, 2.45) is 10.9 Å². The molecule has 2 fully saturated rings. The van der Waals surface area contributed by atoms with Crippen molar-refractivity contribution in [1.82, 2.24) is 15.1 Å². The Morgan fingerprint density at radius 1 is 1.32 bits per heavy atom. The zero-order chi connectivity index (χ0) is 15.8. The Bertz CT molecular complexity index is 348. The Balaban J connectivity index is 1.66. The first kappa shape index (κ1) is 17.9. The number of rotatable bonds is 5. The van der Waals surface area contributed by atoms with Crippen molar-refractivity contribution in [3.05, 3.63) is 0 Å². The molecule has 0 radical (unpaired) electrons. The van der Waals surface area contributed by atoms with Gasteiger partial charge in [-0.25, -0.2) is 0 Å². The predicted octanol–water partition coefficient (Wildman–Crippen LogP) is 2.51. The van der Waals surface area contributed by atoms with Crippen LogP contribution in [-0.4, -0.2) is 73.1 Å². The Morgan fingerprint density at radius 2 is 2.18 bits per heavy atom. The number of aliphatic imine (C=N–C) groups is 1. The summed E-state index contributed by atoms with van der Waals surface area (Å²) >= 11 is 2.11. The molecule has 2 unspecified atom stereocenters. The molecular formula is C17H34N4S. The van der Waals surface area contributed by atoms with E-state index in [1.54, 1.807) is 0 Å². The maximum atomic E-state index is 4.49. The van der Waals surface area contributed by atoms with Gasteiger partial charge in [-0.05, 0) is 44.7 Å². The van der Waals surface area contributed by atoms with E-state index in [0.29, 0.717) is 0 Å². The van der Waals surface area contributed by atoms with Crippen molar-refractivity contribution in [1.29, 1.82) is 0 Å². The molecule has 0 aliphatic carbocycles. The van der Waals surface area contributed by atoms with E-state index in [1.807, 2.05) is 7.05 Å². The van der Waals surface area contributed by atoms with Gasteiger partial charge in [-0.1, -0.05) is 13.8 Å². The van der Waals surface area contributed by atoms with E-state index >= 15 is 0 Å². The fourth-order valence-electron chi connectivity index (χ4n) is 3.48. The van der Waals surface area contributed by atoms with Crippen LogP contribution in [0.2, 0.25) is 0 Å². The van der Waals surface area contributed by atoms with Gasteiger partial charge in [0.05, 0.1) is 0 Å². The summed E-state index contributed by atoms with van der Waals surface area (Å²) in [5, 5.41) is 4.34. The molecule has 2 saturated heterocycles. The van der Waals surface area contributed by atoms with Crippen molar-refractivity contribution in [2.45, 2.75) is 44.8 Å². The second kappa shape index (κ2) is 9.66. The summed E-state index contributed by atoms with van der Waals surface area (Å²) in [4.78, 5) is 9.55. The molecule has 0 aromatic heterocycles. The summed E-state index contributed by atoms with van der Waals surface area (Å²) < 4.78 is 0. The Morgan fingerprint density at radius 3 is 2.91 bits per heavy atom. The number of piperidine rings is 1. The van der Waals surface area contributed by atoms with Crippen LogP contribution in [0.4, 0.5) is 0 Å². The summed E-state index contributed by atoms with van der Waals surface area (Å²) in [6.45, 7) is 11.8. The molecule has 5 heteroatoms. The van der Waals surface area contributed by atoms with Crippen molar-refractivity contribution in [3.8, 4) is 0 Å². The number of guanidine groups is 1. The molecule has 1 N–H and O–H groups in total. The third-order valence-corrected chi connectivity index (χ3v) is 6.15. The van der Waals surface area contributed by atoms with Crippen molar-refractivity contribution in [3.63, 3.8) is 0 Å². The molecule has 22 heavy (non-hydrogen) atoms. The molecule has 0 bridgehead atoms. The van der Waals surface area contributed by atoms with Crippen LogP contribution in [0, 0.1) is 5.92 Å². The number of nitrogens with zero attached hydrogens (tertiary/aromatic N) is 3. The first-order chi connectivity index (χ1) is 10.7. The van der Waals surface area contributed by atoms with E-state index in [4.69, 9.17) is 0 Å². The number of hydrogen-bond donors (Lipinski definition) is 1. The van der Waals surface area contributed by atoms with Crippen molar-refractivity contribution >= 4 is 17.7 Å². The summed E-state index contributed by atoms with van der Waals surface area (Å²) in [6.07, 6.45) is 5.25. The van der Waals surface area contributed by atoms with Gasteiger partial charge in [0.1, 0.15) is 0 Å². The molecule has 2 atom stereocenters. The summed E-state index contributed by atoms with van der Waals surface area (Å²) in [5.74, 6) is 3.21. The van der Waals surface area contributed by atoms with Crippen LogP contribution < -0.4 is 5.32 Å². The van der Waals surface area contributed by atoms with Crippen LogP contribution in [0.5, 0.6) is 0 Å². The lowest BCUT2D eigenvalue weighted by molar-refractivity contribution is 0.182. The van der Waals surface area contributed by atoms with Crippen LogP contribution in [0.1, 0.15) is 39.5 Å². The van der Waals surface area contributed by atoms with Gasteiger partial charge in [0.15, 0.2) is 5.96 Å². The zero-order valence-electron chi connectivity index (χ0n) is 14.7. The fraction of sp³-hybridized carbons (Fsp3) is 0.941. The van der Waals surface area contributed by atoms with Crippen molar-refractivity contribution < 1.29 is 0 Å². The Hall–Kier alpha value is -0.420. The molecule has 0 spiro atoms. The topological polar surface area (TPSA) is 30.9 Å². The highest BCUT2D eigenvalue weighted by molar-refractivity contribution is 8.00. The lowest BCUT2D eigenvalue weighted by atomic mass is 10.0. The molecule has 0 aromatic rings. The zero-order valence-corrected chi connectivity index (χ0v) is 15.5. The van der Waals surface area contributed by atoms with Gasteiger partial charge in [-0.3, -0.25) is 4.99 Å². The van der Waals surface area contributed by atoms with Gasteiger partial charge in [0.25, 0.3) is 0 Å². The lowest BCUT2D eigenvalue weighted by Gasteiger charge is -2.34. The lowest BCUT2D eigenvalue weighted by Crippen LogP contribution is -2.48. The second-order valence-corrected chi connectivity index (χ2v) is 8.13. The van der Waals surface area contributed by atoms with E-state index in [2.05, 4.69) is 45.7 Å². The number of thioether (sulfide) groups is 1. The largest absolute Gasteiger partial charge is 0.356 e. The highest BCUT2D eigenvalue weighted by atomic mass is 32.2. The fourth-order valence-corrected chi connectivity index (χ4v) is 4.66. The Labute approximate surface area is 141 Å². The monoisotopic (exact) mass is 326 g/mol. The molecular weight excluding hydrogens is 292 g/mol. The maximum Gasteiger partial charge on any atom is 0.193 e. The molecule has 0 aromatic carbocycles. The van der Waals surface area contributed by atoms with Crippen LogP contribution in [0.3, 0.4) is 0 Å². The third kappa shape index (κ3) is 5.65. The molecule has 2 aliphatic rings. The summed E-state index contributed by atoms with van der Waals surface area (Å²) in [5.41, 5.74) is 0. The van der Waals surface area contributed by atoms with Gasteiger partial charge in [0, 0.05) is 44.2 Å². The number of nitrogens with one attached hydrogen (secondary N) is 1. The van der Waals surface area contributed by atoms with Gasteiger partial charge in [0.2, 0.25) is 0 Å². The average Bonchev–Trinajstić information content (AvgIpc) is 2.55. The van der Waals surface area contributed by atoms with E-state index in [9.17, 15) is 0 Å². The van der Waals surface area contributed by atoms with Gasteiger partial charge >= 0.3 is 0 Å². The van der Waals surface area contributed by atoms with Crippen LogP contribution >= 0.6 is 11.8 Å². The molecule has 2 aliphatic heterocycles. The predicted molar refractivity (Wildman–Crippen MR) is 98.9 cm³/mol. The van der Waals surface area contributed by atoms with Crippen LogP contribution in [-0.2, 0) is 0 Å². The van der Waals surface area contributed by atoms with Crippen molar-refractivity contribution in [2.75, 3.05) is 52.1 Å². The number of hydrogen-bond acceptors (Lipinski definition) is 3. The first-order valence-electron chi connectivity index (χ1n) is 9.02. The quantitative estimate of drug-likeness (QED) is 0.478. The first-order valence-corrected chi connectivity index (χ1v) is 10.1. The molecule has 2 rings (SSSR count). The van der Waals surface area contributed by atoms with E-state index in [-0.39, 0.29) is 0 Å². The third-order valence-electron chi connectivity index (χ3n) is 4.78. The van der Waals surface area contributed by atoms with Crippen LogP contribution in [0.25, 0.3) is 0 Å². The van der Waals surface area contributed by atoms with Gasteiger partial charge in [-0.15, -0.1) is 0 Å². The minimum absolute atomic E-state index is 0.766. The highest BCUT2D eigenvalue weighted by Gasteiger charge is 2.21. The number of likely N-dealkylation sites (tertiary alicyclic amines) is 1. The SMILES string of the molecule is CCC1CN(C(=NC)NCCCN2CCCC(C)C2)CCS1. The van der Waals surface area contributed by atoms with E-state index < -0.39 is 0 Å². The standard InChI is InChI=1S/C17H34N4S/c1-4-16-14-21(11-12-22-16)17(18-3)19-8-6-10-20-9-5-7-15(2)13-20/h15-16H,4-14H2,1-3H3,(H,18,19). The maximum absolute atomic E-state index is 4.49. The minimum Gasteiger partial charge on any atom is -0.356 e. The minimum atomic E-state index is 0.766. The van der Waals surface area contributed by atoms with Gasteiger partial charge in [-0.2, -0.15) is 11.8 Å². The molecule has 4 nitrogen and oxygen atoms in total. The Kier molecular flexibility index (Phi) is 7.87. The van der Waals surface area contributed by atoms with Gasteiger partial charge < -0.3 is 15.1 Å². The highest BCUT2D eigenvalue weighted by Crippen LogP contribution is 2.21. The van der Waals surface area contributed by atoms with Crippen LogP contribution in [0.15, 0.2) is 4.99 Å². The summed E-state index contributed by atoms with van der Waals surface area (Å²) in [7, 11) is 1.91. The second-order valence-electron chi connectivity index (χ2n) is 6.72. The molecule has 2 heterocycles. The van der Waals surface area contributed by atoms with E-state index in [1.165, 1.54) is 51.1 Å². The molecule has 0 saturated carbocycles. The summed E-state index contributed by atoms with van der Waals surface area (Å²) in [6, 6.07) is 0. The average molecular weight is 327 g/mol. The molecule has 0 amide bonds. The smallest absolute Gasteiger partial charge is 0.193 e.